The first-order chi connectivity index (χ1) is 10.1. The van der Waals surface area contributed by atoms with Crippen molar-refractivity contribution in [2.24, 2.45) is 11.7 Å². The molecule has 0 bridgehead atoms. The van der Waals surface area contributed by atoms with E-state index in [-0.39, 0.29) is 18.4 Å². The van der Waals surface area contributed by atoms with E-state index in [1.807, 2.05) is 0 Å². The SMILES string of the molecule is NC(=O)[C@@H]1CCCN(C(=O)COC(=O)c2cccnc2)C1. The van der Waals surface area contributed by atoms with Crippen molar-refractivity contribution in [2.45, 2.75) is 12.8 Å². The average molecular weight is 291 g/mol. The smallest absolute Gasteiger partial charge is 0.340 e. The van der Waals surface area contributed by atoms with Crippen molar-refractivity contribution < 1.29 is 19.1 Å². The molecule has 1 saturated heterocycles. The number of pyridine rings is 1. The van der Waals surface area contributed by atoms with E-state index >= 15 is 0 Å². The van der Waals surface area contributed by atoms with Crippen molar-refractivity contribution in [1.29, 1.82) is 0 Å². The summed E-state index contributed by atoms with van der Waals surface area (Å²) in [4.78, 5) is 40.2. The number of hydrogen-bond donors (Lipinski definition) is 1. The van der Waals surface area contributed by atoms with Crippen molar-refractivity contribution in [3.63, 3.8) is 0 Å². The minimum Gasteiger partial charge on any atom is -0.452 e. The zero-order valence-corrected chi connectivity index (χ0v) is 11.5. The van der Waals surface area contributed by atoms with E-state index < -0.39 is 11.9 Å². The van der Waals surface area contributed by atoms with Crippen LogP contribution < -0.4 is 5.73 Å². The maximum absolute atomic E-state index is 12.0. The molecular weight excluding hydrogens is 274 g/mol. The fraction of sp³-hybridized carbons (Fsp3) is 0.429. The summed E-state index contributed by atoms with van der Waals surface area (Å²) in [6, 6.07) is 3.17. The molecule has 1 aliphatic rings. The quantitative estimate of drug-likeness (QED) is 0.784. The number of carbonyl (C=O) groups excluding carboxylic acids is 3. The molecule has 2 rings (SSSR count). The lowest BCUT2D eigenvalue weighted by Gasteiger charge is -2.31. The summed E-state index contributed by atoms with van der Waals surface area (Å²) in [6.45, 7) is 0.491. The molecule has 0 aliphatic carbocycles. The number of carbonyl (C=O) groups is 3. The Hall–Kier alpha value is -2.44. The first kappa shape index (κ1) is 15.0. The Morgan fingerprint density at radius 2 is 2.24 bits per heavy atom. The van der Waals surface area contributed by atoms with Gasteiger partial charge in [0, 0.05) is 25.5 Å². The Morgan fingerprint density at radius 1 is 1.43 bits per heavy atom. The standard InChI is InChI=1S/C14H17N3O4/c15-13(19)11-4-2-6-17(8-11)12(18)9-21-14(20)10-3-1-5-16-7-10/h1,3,5,7,11H,2,4,6,8-9H2,(H2,15,19)/t11-/m1/s1. The lowest BCUT2D eigenvalue weighted by Crippen LogP contribution is -2.45. The van der Waals surface area contributed by atoms with Gasteiger partial charge in [0.15, 0.2) is 6.61 Å². The highest BCUT2D eigenvalue weighted by atomic mass is 16.5. The lowest BCUT2D eigenvalue weighted by atomic mass is 9.97. The predicted molar refractivity (Wildman–Crippen MR) is 73.0 cm³/mol. The van der Waals surface area contributed by atoms with Gasteiger partial charge < -0.3 is 15.4 Å². The predicted octanol–water partition coefficient (Wildman–Crippen LogP) is -0.0377. The second kappa shape index (κ2) is 6.83. The Kier molecular flexibility index (Phi) is 4.86. The summed E-state index contributed by atoms with van der Waals surface area (Å²) < 4.78 is 4.95. The molecular formula is C14H17N3O4. The molecule has 0 saturated carbocycles. The molecule has 1 aromatic heterocycles. The number of esters is 1. The van der Waals surface area contributed by atoms with Crippen LogP contribution in [0.25, 0.3) is 0 Å². The summed E-state index contributed by atoms with van der Waals surface area (Å²) >= 11 is 0. The van der Waals surface area contributed by atoms with Crippen LogP contribution in [0, 0.1) is 5.92 Å². The minimum atomic E-state index is -0.597. The Labute approximate surface area is 122 Å². The van der Waals surface area contributed by atoms with Crippen molar-refractivity contribution in [3.05, 3.63) is 30.1 Å². The topological polar surface area (TPSA) is 103 Å². The number of likely N-dealkylation sites (tertiary alicyclic amines) is 1. The Bertz CT molecular complexity index is 532. The highest BCUT2D eigenvalue weighted by Gasteiger charge is 2.27. The van der Waals surface area contributed by atoms with Gasteiger partial charge in [-0.15, -0.1) is 0 Å². The third-order valence-corrected chi connectivity index (χ3v) is 3.40. The number of hydrogen-bond acceptors (Lipinski definition) is 5. The van der Waals surface area contributed by atoms with E-state index in [1.54, 1.807) is 18.3 Å². The van der Waals surface area contributed by atoms with Gasteiger partial charge in [0.2, 0.25) is 5.91 Å². The third-order valence-electron chi connectivity index (χ3n) is 3.40. The molecule has 21 heavy (non-hydrogen) atoms. The summed E-state index contributed by atoms with van der Waals surface area (Å²) in [6.07, 6.45) is 4.32. The summed E-state index contributed by atoms with van der Waals surface area (Å²) in [5.41, 5.74) is 5.55. The van der Waals surface area contributed by atoms with Gasteiger partial charge in [0.05, 0.1) is 11.5 Å². The van der Waals surface area contributed by atoms with E-state index in [2.05, 4.69) is 4.98 Å². The van der Waals surface area contributed by atoms with E-state index in [0.29, 0.717) is 25.1 Å². The molecule has 7 nitrogen and oxygen atoms in total. The zero-order chi connectivity index (χ0) is 15.2. The molecule has 1 aromatic rings. The van der Waals surface area contributed by atoms with Gasteiger partial charge in [-0.3, -0.25) is 14.6 Å². The minimum absolute atomic E-state index is 0.290. The van der Waals surface area contributed by atoms with Gasteiger partial charge in [-0.05, 0) is 25.0 Å². The number of aromatic nitrogens is 1. The lowest BCUT2D eigenvalue weighted by molar-refractivity contribution is -0.137. The normalized spacial score (nSPS) is 18.1. The number of nitrogens with two attached hydrogens (primary N) is 1. The molecule has 1 fully saturated rings. The number of amides is 2. The number of ether oxygens (including phenoxy) is 1. The van der Waals surface area contributed by atoms with Crippen LogP contribution in [-0.4, -0.2) is 47.4 Å². The largest absolute Gasteiger partial charge is 0.452 e. The van der Waals surface area contributed by atoms with Gasteiger partial charge in [-0.1, -0.05) is 0 Å². The Balaban J connectivity index is 1.84. The fourth-order valence-electron chi connectivity index (χ4n) is 2.22. The van der Waals surface area contributed by atoms with Gasteiger partial charge in [-0.2, -0.15) is 0 Å². The average Bonchev–Trinajstić information content (AvgIpc) is 2.53. The molecule has 7 heteroatoms. The molecule has 1 atom stereocenters. The van der Waals surface area contributed by atoms with Crippen LogP contribution in [0.2, 0.25) is 0 Å². The monoisotopic (exact) mass is 291 g/mol. The second-order valence-electron chi connectivity index (χ2n) is 4.90. The number of rotatable bonds is 4. The highest BCUT2D eigenvalue weighted by molar-refractivity contribution is 5.91. The van der Waals surface area contributed by atoms with Crippen LogP contribution in [-0.2, 0) is 14.3 Å². The van der Waals surface area contributed by atoms with E-state index in [9.17, 15) is 14.4 Å². The third kappa shape index (κ3) is 4.01. The van der Waals surface area contributed by atoms with Crippen LogP contribution in [0.4, 0.5) is 0 Å². The number of primary amides is 1. The van der Waals surface area contributed by atoms with Crippen molar-refractivity contribution in [2.75, 3.05) is 19.7 Å². The van der Waals surface area contributed by atoms with Crippen LogP contribution in [0.3, 0.4) is 0 Å². The van der Waals surface area contributed by atoms with Gasteiger partial charge in [0.1, 0.15) is 0 Å². The van der Waals surface area contributed by atoms with Gasteiger partial charge >= 0.3 is 5.97 Å². The molecule has 0 aromatic carbocycles. The van der Waals surface area contributed by atoms with Gasteiger partial charge in [0.25, 0.3) is 5.91 Å². The first-order valence-electron chi connectivity index (χ1n) is 6.72. The van der Waals surface area contributed by atoms with Crippen LogP contribution >= 0.6 is 0 Å². The van der Waals surface area contributed by atoms with Gasteiger partial charge in [-0.25, -0.2) is 4.79 Å². The highest BCUT2D eigenvalue weighted by Crippen LogP contribution is 2.16. The van der Waals surface area contributed by atoms with Crippen LogP contribution in [0.15, 0.2) is 24.5 Å². The number of nitrogens with zero attached hydrogens (tertiary/aromatic N) is 2. The molecule has 112 valence electrons. The molecule has 2 heterocycles. The maximum Gasteiger partial charge on any atom is 0.340 e. The number of piperidine rings is 1. The van der Waals surface area contributed by atoms with E-state index in [4.69, 9.17) is 10.5 Å². The van der Waals surface area contributed by atoms with Crippen molar-refractivity contribution >= 4 is 17.8 Å². The molecule has 1 aliphatic heterocycles. The Morgan fingerprint density at radius 3 is 2.90 bits per heavy atom. The summed E-state index contributed by atoms with van der Waals surface area (Å²) in [5, 5.41) is 0. The molecule has 0 unspecified atom stereocenters. The fourth-order valence-corrected chi connectivity index (χ4v) is 2.22. The molecule has 2 N–H and O–H groups in total. The molecule has 0 spiro atoms. The van der Waals surface area contributed by atoms with Crippen molar-refractivity contribution in [1.82, 2.24) is 9.88 Å². The molecule has 2 amide bonds. The van der Waals surface area contributed by atoms with Crippen LogP contribution in [0.1, 0.15) is 23.2 Å². The van der Waals surface area contributed by atoms with E-state index in [1.165, 1.54) is 11.1 Å². The summed E-state index contributed by atoms with van der Waals surface area (Å²) in [5.74, 6) is -1.64. The summed E-state index contributed by atoms with van der Waals surface area (Å²) in [7, 11) is 0. The van der Waals surface area contributed by atoms with Crippen LogP contribution in [0.5, 0.6) is 0 Å². The van der Waals surface area contributed by atoms with Crippen molar-refractivity contribution in [3.8, 4) is 0 Å². The molecule has 0 radical (unpaired) electrons. The first-order valence-corrected chi connectivity index (χ1v) is 6.72. The van der Waals surface area contributed by atoms with E-state index in [0.717, 1.165) is 6.42 Å². The zero-order valence-electron chi connectivity index (χ0n) is 11.5. The maximum atomic E-state index is 12.0. The second-order valence-corrected chi connectivity index (χ2v) is 4.90.